The van der Waals surface area contributed by atoms with Gasteiger partial charge in [0.1, 0.15) is 11.6 Å². The summed E-state index contributed by atoms with van der Waals surface area (Å²) >= 11 is 0. The number of rotatable bonds is 4. The molecule has 2 saturated heterocycles. The van der Waals surface area contributed by atoms with Crippen LogP contribution in [0, 0.1) is 11.3 Å². The van der Waals surface area contributed by atoms with E-state index in [9.17, 15) is 19.6 Å². The van der Waals surface area contributed by atoms with Crippen LogP contribution in [-0.2, 0) is 14.3 Å². The van der Waals surface area contributed by atoms with Gasteiger partial charge in [-0.2, -0.15) is 5.26 Å². The fraction of sp³-hybridized carbons (Fsp3) is 0.429. The van der Waals surface area contributed by atoms with Gasteiger partial charge in [0, 0.05) is 43.1 Å². The maximum atomic E-state index is 13.5. The smallest absolute Gasteiger partial charge is 0.410 e. The van der Waals surface area contributed by atoms with E-state index in [-0.39, 0.29) is 18.4 Å². The molecule has 1 atom stereocenters. The third-order valence-corrected chi connectivity index (χ3v) is 6.41. The molecule has 0 radical (unpaired) electrons. The number of nitriles is 1. The van der Waals surface area contributed by atoms with E-state index in [4.69, 9.17) is 4.74 Å². The first kappa shape index (κ1) is 26.0. The van der Waals surface area contributed by atoms with Gasteiger partial charge in [0.15, 0.2) is 0 Å². The number of carbonyl (C=O) groups is 3. The van der Waals surface area contributed by atoms with Crippen molar-refractivity contribution in [3.63, 3.8) is 0 Å². The highest BCUT2D eigenvalue weighted by molar-refractivity contribution is 5.98. The van der Waals surface area contributed by atoms with E-state index in [1.807, 2.05) is 23.1 Å². The zero-order valence-electron chi connectivity index (χ0n) is 21.6. The average Bonchev–Trinajstić information content (AvgIpc) is 2.88. The molecule has 0 aliphatic carbocycles. The zero-order chi connectivity index (χ0) is 26.6. The lowest BCUT2D eigenvalue weighted by Crippen LogP contribution is -2.59. The second-order valence-electron chi connectivity index (χ2n) is 10.3. The first-order valence-corrected chi connectivity index (χ1v) is 12.6. The van der Waals surface area contributed by atoms with Crippen molar-refractivity contribution in [2.75, 3.05) is 41.3 Å². The van der Waals surface area contributed by atoms with Crippen LogP contribution in [0.1, 0.15) is 45.6 Å². The maximum Gasteiger partial charge on any atom is 0.410 e. The van der Waals surface area contributed by atoms with Crippen molar-refractivity contribution in [2.45, 2.75) is 51.7 Å². The minimum atomic E-state index is -0.696. The number of hydrogen-bond donors (Lipinski definition) is 1. The summed E-state index contributed by atoms with van der Waals surface area (Å²) in [5.74, 6) is -0.167. The molecule has 4 rings (SSSR count). The number of carbonyl (C=O) groups excluding carboxylic acids is 3. The molecule has 2 aromatic rings. The van der Waals surface area contributed by atoms with Gasteiger partial charge >= 0.3 is 6.09 Å². The Bertz CT molecular complexity index is 1200. The first-order valence-electron chi connectivity index (χ1n) is 12.6. The standard InChI is InChI=1S/C28H33N5O4/c1-28(2,3)37-27(36)31-15-16-32(23-8-6-7-20(17-23)18-29)24(19-31)26(35)30-21-10-12-22(13-11-21)33-14-5-4-9-25(33)34/h6-8,10-13,17,24H,4-5,9,14-16,19H2,1-3H3,(H,30,35). The zero-order valence-corrected chi connectivity index (χ0v) is 21.6. The van der Waals surface area contributed by atoms with Crippen molar-refractivity contribution in [1.82, 2.24) is 4.90 Å². The van der Waals surface area contributed by atoms with Crippen molar-refractivity contribution >= 4 is 35.0 Å². The number of hydrogen-bond acceptors (Lipinski definition) is 6. The van der Waals surface area contributed by atoms with Gasteiger partial charge in [-0.25, -0.2) is 4.79 Å². The van der Waals surface area contributed by atoms with E-state index >= 15 is 0 Å². The number of nitrogens with one attached hydrogen (secondary N) is 1. The topological polar surface area (TPSA) is 106 Å². The predicted molar refractivity (Wildman–Crippen MR) is 141 cm³/mol. The summed E-state index contributed by atoms with van der Waals surface area (Å²) in [7, 11) is 0. The lowest BCUT2D eigenvalue weighted by Gasteiger charge is -2.42. The highest BCUT2D eigenvalue weighted by atomic mass is 16.6. The number of benzene rings is 2. The number of nitrogens with zero attached hydrogens (tertiary/aromatic N) is 4. The first-order chi connectivity index (χ1) is 17.6. The number of anilines is 3. The second kappa shape index (κ2) is 10.9. The van der Waals surface area contributed by atoms with Crippen LogP contribution in [0.4, 0.5) is 21.9 Å². The minimum Gasteiger partial charge on any atom is -0.444 e. The van der Waals surface area contributed by atoms with E-state index in [2.05, 4.69) is 11.4 Å². The summed E-state index contributed by atoms with van der Waals surface area (Å²) in [5.41, 5.74) is 1.99. The van der Waals surface area contributed by atoms with Crippen LogP contribution < -0.4 is 15.1 Å². The quantitative estimate of drug-likeness (QED) is 0.672. The van der Waals surface area contributed by atoms with Gasteiger partial charge in [0.2, 0.25) is 11.8 Å². The Balaban J connectivity index is 1.53. The van der Waals surface area contributed by atoms with Crippen molar-refractivity contribution < 1.29 is 19.1 Å². The minimum absolute atomic E-state index is 0.114. The highest BCUT2D eigenvalue weighted by Gasteiger charge is 2.36. The van der Waals surface area contributed by atoms with Gasteiger partial charge in [-0.3, -0.25) is 9.59 Å². The normalized spacial score (nSPS) is 18.3. The lowest BCUT2D eigenvalue weighted by molar-refractivity contribution is -0.120. The van der Waals surface area contributed by atoms with Crippen molar-refractivity contribution in [1.29, 1.82) is 5.26 Å². The Hall–Kier alpha value is -4.06. The van der Waals surface area contributed by atoms with E-state index in [0.29, 0.717) is 37.3 Å². The Morgan fingerprint density at radius 2 is 1.78 bits per heavy atom. The van der Waals surface area contributed by atoms with Crippen LogP contribution >= 0.6 is 0 Å². The molecule has 2 aliphatic heterocycles. The van der Waals surface area contributed by atoms with Crippen LogP contribution in [0.15, 0.2) is 48.5 Å². The molecule has 3 amide bonds. The summed E-state index contributed by atoms with van der Waals surface area (Å²) in [5, 5.41) is 12.3. The van der Waals surface area contributed by atoms with Crippen molar-refractivity contribution in [2.24, 2.45) is 0 Å². The fourth-order valence-corrected chi connectivity index (χ4v) is 4.59. The molecule has 1 unspecified atom stereocenters. The van der Waals surface area contributed by atoms with Gasteiger partial charge in [0.05, 0.1) is 18.2 Å². The summed E-state index contributed by atoms with van der Waals surface area (Å²) in [6, 6.07) is 15.8. The van der Waals surface area contributed by atoms with E-state index in [1.54, 1.807) is 60.9 Å². The molecule has 0 saturated carbocycles. The van der Waals surface area contributed by atoms with E-state index < -0.39 is 17.7 Å². The predicted octanol–water partition coefficient (Wildman–Crippen LogP) is 4.14. The van der Waals surface area contributed by atoms with Crippen LogP contribution in [-0.4, -0.2) is 60.6 Å². The fourth-order valence-electron chi connectivity index (χ4n) is 4.59. The molecule has 2 aliphatic rings. The highest BCUT2D eigenvalue weighted by Crippen LogP contribution is 2.26. The maximum absolute atomic E-state index is 13.5. The van der Waals surface area contributed by atoms with Gasteiger partial charge in [0.25, 0.3) is 0 Å². The number of ether oxygens (including phenoxy) is 1. The number of piperidine rings is 1. The molecule has 0 spiro atoms. The van der Waals surface area contributed by atoms with Gasteiger partial charge in [-0.15, -0.1) is 0 Å². The molecule has 0 bridgehead atoms. The third kappa shape index (κ3) is 6.39. The molecular weight excluding hydrogens is 470 g/mol. The Labute approximate surface area is 217 Å². The Morgan fingerprint density at radius 3 is 2.46 bits per heavy atom. The molecule has 194 valence electrons. The monoisotopic (exact) mass is 503 g/mol. The summed E-state index contributed by atoms with van der Waals surface area (Å²) < 4.78 is 5.54. The van der Waals surface area contributed by atoms with Gasteiger partial charge in [-0.05, 0) is 76.1 Å². The third-order valence-electron chi connectivity index (χ3n) is 6.41. The van der Waals surface area contributed by atoms with Crippen LogP contribution in [0.25, 0.3) is 0 Å². The van der Waals surface area contributed by atoms with Crippen LogP contribution in [0.2, 0.25) is 0 Å². The molecule has 0 aromatic heterocycles. The molecule has 2 heterocycles. The van der Waals surface area contributed by atoms with Crippen molar-refractivity contribution in [3.05, 3.63) is 54.1 Å². The van der Waals surface area contributed by atoms with E-state index in [1.165, 1.54) is 0 Å². The average molecular weight is 504 g/mol. The lowest BCUT2D eigenvalue weighted by atomic mass is 10.1. The SMILES string of the molecule is CC(C)(C)OC(=O)N1CCN(c2cccc(C#N)c2)C(C(=O)Nc2ccc(N3CCCCC3=O)cc2)C1. The number of amides is 3. The van der Waals surface area contributed by atoms with Gasteiger partial charge in [-0.1, -0.05) is 6.07 Å². The molecule has 9 heteroatoms. The second-order valence-corrected chi connectivity index (χ2v) is 10.3. The summed E-state index contributed by atoms with van der Waals surface area (Å²) in [4.78, 5) is 43.8. The largest absolute Gasteiger partial charge is 0.444 e. The molecule has 9 nitrogen and oxygen atoms in total. The van der Waals surface area contributed by atoms with E-state index in [0.717, 1.165) is 24.2 Å². The van der Waals surface area contributed by atoms with Crippen LogP contribution in [0.3, 0.4) is 0 Å². The molecular formula is C28H33N5O4. The molecule has 2 fully saturated rings. The summed E-state index contributed by atoms with van der Waals surface area (Å²) in [6.45, 7) is 7.04. The Kier molecular flexibility index (Phi) is 7.67. The van der Waals surface area contributed by atoms with Gasteiger partial charge < -0.3 is 24.8 Å². The van der Waals surface area contributed by atoms with Crippen molar-refractivity contribution in [3.8, 4) is 6.07 Å². The Morgan fingerprint density at radius 1 is 1.03 bits per heavy atom. The van der Waals surface area contributed by atoms with Crippen LogP contribution in [0.5, 0.6) is 0 Å². The number of piperazine rings is 1. The molecule has 1 N–H and O–H groups in total. The molecule has 37 heavy (non-hydrogen) atoms. The summed E-state index contributed by atoms with van der Waals surface area (Å²) in [6.07, 6.45) is 1.98. The molecule has 2 aromatic carbocycles.